The first-order valence-corrected chi connectivity index (χ1v) is 13.9. The Hall–Kier alpha value is -3.09. The summed E-state index contributed by atoms with van der Waals surface area (Å²) >= 11 is 0. The number of anilines is 1. The first-order valence-electron chi connectivity index (χ1n) is 13.9. The van der Waals surface area contributed by atoms with Crippen LogP contribution in [-0.4, -0.2) is 68.5 Å². The van der Waals surface area contributed by atoms with Crippen LogP contribution < -0.4 is 11.1 Å². The highest BCUT2D eigenvalue weighted by atomic mass is 16.6. The van der Waals surface area contributed by atoms with Crippen LogP contribution in [0.2, 0.25) is 0 Å². The molecule has 4 N–H and O–H groups in total. The average molecular weight is 560 g/mol. The van der Waals surface area contributed by atoms with Crippen LogP contribution in [0.3, 0.4) is 0 Å². The van der Waals surface area contributed by atoms with Gasteiger partial charge in [-0.05, 0) is 43.2 Å². The van der Waals surface area contributed by atoms with Crippen molar-refractivity contribution in [2.24, 2.45) is 17.1 Å². The molecule has 2 aromatic rings. The van der Waals surface area contributed by atoms with Crippen LogP contribution in [-0.2, 0) is 34.2 Å². The first kappa shape index (κ1) is 29.9. The van der Waals surface area contributed by atoms with Gasteiger partial charge in [0.1, 0.15) is 42.3 Å². The summed E-state index contributed by atoms with van der Waals surface area (Å²) in [7, 11) is 0. The Kier molecular flexibility index (Phi) is 8.81. The first-order chi connectivity index (χ1) is 18.8. The zero-order valence-corrected chi connectivity index (χ0v) is 23.9. The molecule has 5 atom stereocenters. The third kappa shape index (κ3) is 6.29. The van der Waals surface area contributed by atoms with E-state index in [-0.39, 0.29) is 24.9 Å². The van der Waals surface area contributed by atoms with E-state index in [2.05, 4.69) is 15.4 Å². The number of hydrogen-bond acceptors (Lipinski definition) is 10. The molecule has 0 radical (unpaired) electrons. The van der Waals surface area contributed by atoms with Crippen molar-refractivity contribution in [3.8, 4) is 0 Å². The number of amides is 1. The van der Waals surface area contributed by atoms with E-state index in [1.54, 1.807) is 19.1 Å². The molecule has 2 aliphatic rings. The van der Waals surface area contributed by atoms with Crippen LogP contribution in [0, 0.1) is 11.3 Å². The summed E-state index contributed by atoms with van der Waals surface area (Å²) in [5, 5.41) is 18.5. The lowest BCUT2D eigenvalue weighted by Gasteiger charge is -2.28. The maximum absolute atomic E-state index is 13.0. The van der Waals surface area contributed by atoms with Gasteiger partial charge < -0.3 is 30.4 Å². The van der Waals surface area contributed by atoms with Gasteiger partial charge in [-0.2, -0.15) is 5.10 Å². The van der Waals surface area contributed by atoms with E-state index in [4.69, 9.17) is 19.9 Å². The van der Waals surface area contributed by atoms with Gasteiger partial charge in [0.25, 0.3) is 0 Å². The highest BCUT2D eigenvalue weighted by molar-refractivity contribution is 5.91. The largest absolute Gasteiger partial charge is 0.462 e. The van der Waals surface area contributed by atoms with Gasteiger partial charge in [-0.15, -0.1) is 0 Å². The fourth-order valence-electron chi connectivity index (χ4n) is 5.46. The van der Waals surface area contributed by atoms with Gasteiger partial charge in [0.15, 0.2) is 11.9 Å². The molecule has 0 unspecified atom stereocenters. The summed E-state index contributed by atoms with van der Waals surface area (Å²) in [6.07, 6.45) is 3.41. The monoisotopic (exact) mass is 559 g/mol. The van der Waals surface area contributed by atoms with Gasteiger partial charge in [-0.1, -0.05) is 40.0 Å². The van der Waals surface area contributed by atoms with Crippen LogP contribution in [0.1, 0.15) is 78.8 Å². The van der Waals surface area contributed by atoms with Crippen molar-refractivity contribution in [1.29, 1.82) is 0 Å². The molecule has 1 aliphatic carbocycles. The maximum atomic E-state index is 13.0. The molecule has 0 aromatic carbocycles. The van der Waals surface area contributed by atoms with Gasteiger partial charge in [0.05, 0.1) is 5.69 Å². The fraction of sp³-hybridized carbons (Fsp3) is 0.679. The molecule has 2 fully saturated rings. The molecule has 12 heteroatoms. The number of hydrogen-bond donors (Lipinski definition) is 3. The number of nitrogens with zero attached hydrogens (tertiary/aromatic N) is 3. The Morgan fingerprint density at radius 1 is 1.25 bits per heavy atom. The van der Waals surface area contributed by atoms with Crippen LogP contribution >= 0.6 is 0 Å². The normalized spacial score (nSPS) is 26.4. The Balaban J connectivity index is 1.60. The van der Waals surface area contributed by atoms with E-state index in [9.17, 15) is 19.5 Å². The number of carbonyl (C=O) groups is 3. The molecular weight excluding hydrogens is 518 g/mol. The minimum atomic E-state index is -1.41. The minimum absolute atomic E-state index is 0.242. The van der Waals surface area contributed by atoms with E-state index in [0.29, 0.717) is 17.0 Å². The molecule has 1 saturated carbocycles. The maximum Gasteiger partial charge on any atom is 0.323 e. The molecule has 40 heavy (non-hydrogen) atoms. The van der Waals surface area contributed by atoms with E-state index in [0.717, 1.165) is 25.7 Å². The molecule has 3 heterocycles. The molecule has 2 aromatic heterocycles. The quantitative estimate of drug-likeness (QED) is 0.409. The lowest BCUT2D eigenvalue weighted by Crippen LogP contribution is -2.45. The number of nitrogens with one attached hydrogen (secondary N) is 1. The molecule has 1 aliphatic heterocycles. The number of fused-ring (bicyclic) bond motifs is 1. The van der Waals surface area contributed by atoms with E-state index >= 15 is 0 Å². The SMILES string of the molecule is CC(=O)Nc1ncnn2c([C@]3(C)O[C@H](COC(=O)[C@@H](N)C(C)(C)C)[C@@H](OC(=O)CC4CCCCC4)[C@H]3O)ccc12. The molecule has 1 amide bonds. The third-order valence-electron chi connectivity index (χ3n) is 7.92. The second-order valence-corrected chi connectivity index (χ2v) is 12.2. The topological polar surface area (TPSA) is 167 Å². The van der Waals surface area contributed by atoms with E-state index < -0.39 is 47.3 Å². The number of aromatic nitrogens is 3. The number of esters is 2. The zero-order chi connectivity index (χ0) is 29.2. The second kappa shape index (κ2) is 11.8. The second-order valence-electron chi connectivity index (χ2n) is 12.2. The summed E-state index contributed by atoms with van der Waals surface area (Å²) in [5.74, 6) is -0.810. The fourth-order valence-corrected chi connectivity index (χ4v) is 5.46. The summed E-state index contributed by atoms with van der Waals surface area (Å²) < 4.78 is 19.2. The Morgan fingerprint density at radius 2 is 1.95 bits per heavy atom. The number of ether oxygens (including phenoxy) is 3. The van der Waals surface area contributed by atoms with Crippen LogP contribution in [0.25, 0.3) is 5.52 Å². The molecule has 1 saturated heterocycles. The lowest BCUT2D eigenvalue weighted by molar-refractivity contribution is -0.162. The van der Waals surface area contributed by atoms with E-state index in [1.165, 1.54) is 24.2 Å². The summed E-state index contributed by atoms with van der Waals surface area (Å²) in [4.78, 5) is 41.5. The zero-order valence-electron chi connectivity index (χ0n) is 23.9. The predicted molar refractivity (Wildman–Crippen MR) is 145 cm³/mol. The van der Waals surface area contributed by atoms with Crippen molar-refractivity contribution in [2.75, 3.05) is 11.9 Å². The van der Waals surface area contributed by atoms with Crippen molar-refractivity contribution in [3.63, 3.8) is 0 Å². The Labute approximate surface area is 233 Å². The molecule has 4 rings (SSSR count). The smallest absolute Gasteiger partial charge is 0.323 e. The van der Waals surface area contributed by atoms with E-state index in [1.807, 2.05) is 20.8 Å². The lowest BCUT2D eigenvalue weighted by atomic mass is 9.87. The highest BCUT2D eigenvalue weighted by Crippen LogP contribution is 2.42. The predicted octanol–water partition coefficient (Wildman–Crippen LogP) is 2.46. The van der Waals surface area contributed by atoms with Crippen molar-refractivity contribution in [3.05, 3.63) is 24.2 Å². The van der Waals surface area contributed by atoms with Gasteiger partial charge >= 0.3 is 11.9 Å². The highest BCUT2D eigenvalue weighted by Gasteiger charge is 2.56. The summed E-state index contributed by atoms with van der Waals surface area (Å²) in [6.45, 7) is 8.25. The van der Waals surface area contributed by atoms with Crippen LogP contribution in [0.4, 0.5) is 5.82 Å². The molecule has 0 bridgehead atoms. The number of nitrogens with two attached hydrogens (primary N) is 1. The summed E-state index contributed by atoms with van der Waals surface area (Å²) in [5.41, 5.74) is 5.07. The van der Waals surface area contributed by atoms with Crippen LogP contribution in [0.15, 0.2) is 18.5 Å². The van der Waals surface area contributed by atoms with Gasteiger partial charge in [-0.25, -0.2) is 9.50 Å². The number of aliphatic hydroxyl groups is 1. The average Bonchev–Trinajstić information content (AvgIpc) is 3.43. The molecular formula is C28H41N5O7. The van der Waals surface area contributed by atoms with Gasteiger partial charge in [0, 0.05) is 13.3 Å². The number of aliphatic hydroxyl groups excluding tert-OH is 1. The molecule has 0 spiro atoms. The summed E-state index contributed by atoms with van der Waals surface area (Å²) in [6, 6.07) is 2.52. The van der Waals surface area contributed by atoms with Gasteiger partial charge in [0.2, 0.25) is 5.91 Å². The van der Waals surface area contributed by atoms with Crippen molar-refractivity contribution >= 4 is 29.2 Å². The number of rotatable bonds is 8. The van der Waals surface area contributed by atoms with Gasteiger partial charge in [-0.3, -0.25) is 14.4 Å². The van der Waals surface area contributed by atoms with Crippen LogP contribution in [0.5, 0.6) is 0 Å². The van der Waals surface area contributed by atoms with Crippen molar-refractivity contribution in [2.45, 2.75) is 103 Å². The van der Waals surface area contributed by atoms with Crippen molar-refractivity contribution in [1.82, 2.24) is 14.6 Å². The number of carbonyl (C=O) groups excluding carboxylic acids is 3. The third-order valence-corrected chi connectivity index (χ3v) is 7.92. The molecule has 12 nitrogen and oxygen atoms in total. The molecule has 220 valence electrons. The van der Waals surface area contributed by atoms with Crippen molar-refractivity contribution < 1.29 is 33.7 Å². The minimum Gasteiger partial charge on any atom is -0.462 e. The Morgan fingerprint density at radius 3 is 2.60 bits per heavy atom. The standard InChI is InChI=1S/C28H41N5O7/c1-16(34)32-25-18-11-12-20(33(18)31-15-30-25)28(5)24(36)22(39-21(35)13-17-9-7-6-8-10-17)19(40-28)14-38-26(37)23(29)27(2,3)4/h11-12,15,17,19,22-24,36H,6-10,13-14,29H2,1-5H3,(H,30,31,32,34)/t19-,22-,23-,24-,28+/m1/s1. The Bertz CT molecular complexity index is 1240.